The second-order valence-corrected chi connectivity index (χ2v) is 4.43. The van der Waals surface area contributed by atoms with Gasteiger partial charge in [-0.2, -0.15) is 0 Å². The van der Waals surface area contributed by atoms with Gasteiger partial charge in [0.25, 0.3) is 0 Å². The van der Waals surface area contributed by atoms with Crippen LogP contribution in [0.4, 0.5) is 4.39 Å². The fourth-order valence-electron chi connectivity index (χ4n) is 1.79. The number of aromatic nitrogens is 2. The zero-order chi connectivity index (χ0) is 13.1. The molecule has 0 aliphatic rings. The van der Waals surface area contributed by atoms with Gasteiger partial charge in [-0.05, 0) is 36.2 Å². The lowest BCUT2D eigenvalue weighted by Gasteiger charge is -2.16. The Labute approximate surface area is 110 Å². The molecule has 1 unspecified atom stereocenters. The summed E-state index contributed by atoms with van der Waals surface area (Å²) in [7, 11) is 0. The van der Waals surface area contributed by atoms with Crippen LogP contribution in [0, 0.1) is 12.7 Å². The van der Waals surface area contributed by atoms with Crippen LogP contribution in [-0.2, 0) is 0 Å². The molecule has 0 aliphatic carbocycles. The Morgan fingerprint density at radius 3 is 2.61 bits per heavy atom. The van der Waals surface area contributed by atoms with Crippen molar-refractivity contribution in [2.75, 3.05) is 6.54 Å². The average molecular weight is 266 g/mol. The second-order valence-electron chi connectivity index (χ2n) is 4.02. The van der Waals surface area contributed by atoms with Crippen molar-refractivity contribution in [3.63, 3.8) is 0 Å². The molecule has 0 amide bonds. The highest BCUT2D eigenvalue weighted by atomic mass is 35.5. The molecule has 0 saturated carbocycles. The average Bonchev–Trinajstić information content (AvgIpc) is 2.38. The van der Waals surface area contributed by atoms with Gasteiger partial charge in [-0.1, -0.05) is 11.6 Å². The number of hydrogen-bond acceptors (Lipinski definition) is 3. The molecule has 0 spiro atoms. The van der Waals surface area contributed by atoms with E-state index >= 15 is 0 Å². The minimum Gasteiger partial charge on any atom is -0.329 e. The molecule has 18 heavy (non-hydrogen) atoms. The molecule has 94 valence electrons. The normalized spacial score (nSPS) is 12.4. The number of nitrogens with two attached hydrogens (primary N) is 1. The predicted octanol–water partition coefficient (Wildman–Crippen LogP) is 2.67. The lowest BCUT2D eigenvalue weighted by Crippen LogP contribution is -2.17. The first kappa shape index (κ1) is 12.9. The first-order valence-corrected chi connectivity index (χ1v) is 5.93. The zero-order valence-electron chi connectivity index (χ0n) is 9.90. The highest BCUT2D eigenvalue weighted by Gasteiger charge is 2.19. The molecule has 3 nitrogen and oxygen atoms in total. The van der Waals surface area contributed by atoms with Crippen LogP contribution >= 0.6 is 11.6 Å². The molecule has 2 rings (SSSR count). The first-order chi connectivity index (χ1) is 8.63. The topological polar surface area (TPSA) is 51.8 Å². The summed E-state index contributed by atoms with van der Waals surface area (Å²) < 4.78 is 13.6. The van der Waals surface area contributed by atoms with Gasteiger partial charge in [0.05, 0.1) is 5.92 Å². The number of benzene rings is 1. The lowest BCUT2D eigenvalue weighted by molar-refractivity contribution is 0.612. The van der Waals surface area contributed by atoms with Crippen molar-refractivity contribution in [3.05, 3.63) is 58.4 Å². The molecule has 1 heterocycles. The molecule has 1 atom stereocenters. The largest absolute Gasteiger partial charge is 0.329 e. The molecule has 2 aromatic rings. The van der Waals surface area contributed by atoms with Crippen LogP contribution < -0.4 is 5.73 Å². The van der Waals surface area contributed by atoms with Crippen LogP contribution in [0.2, 0.25) is 5.02 Å². The van der Waals surface area contributed by atoms with Gasteiger partial charge in [0.2, 0.25) is 0 Å². The summed E-state index contributed by atoms with van der Waals surface area (Å²) in [5.41, 5.74) is 6.86. The van der Waals surface area contributed by atoms with Gasteiger partial charge in [-0.25, -0.2) is 14.4 Å². The summed E-state index contributed by atoms with van der Waals surface area (Å²) in [5, 5.41) is 0.483. The summed E-state index contributed by atoms with van der Waals surface area (Å²) in [6, 6.07) is 4.72. The van der Waals surface area contributed by atoms with Crippen LogP contribution in [0.3, 0.4) is 0 Å². The Morgan fingerprint density at radius 1 is 1.33 bits per heavy atom. The van der Waals surface area contributed by atoms with Crippen molar-refractivity contribution in [3.8, 4) is 0 Å². The highest BCUT2D eigenvalue weighted by Crippen LogP contribution is 2.29. The van der Waals surface area contributed by atoms with Gasteiger partial charge in [0, 0.05) is 24.0 Å². The molecule has 5 heteroatoms. The predicted molar refractivity (Wildman–Crippen MR) is 69.1 cm³/mol. The van der Waals surface area contributed by atoms with E-state index < -0.39 is 0 Å². The Balaban J connectivity index is 2.49. The van der Waals surface area contributed by atoms with E-state index in [-0.39, 0.29) is 18.3 Å². The molecule has 1 aromatic heterocycles. The monoisotopic (exact) mass is 265 g/mol. The molecule has 0 bridgehead atoms. The van der Waals surface area contributed by atoms with Crippen LogP contribution in [0.5, 0.6) is 0 Å². The van der Waals surface area contributed by atoms with E-state index in [1.165, 1.54) is 6.07 Å². The van der Waals surface area contributed by atoms with Crippen molar-refractivity contribution in [1.29, 1.82) is 0 Å². The maximum absolute atomic E-state index is 13.6. The number of hydrogen-bond donors (Lipinski definition) is 1. The van der Waals surface area contributed by atoms with Crippen molar-refractivity contribution in [1.82, 2.24) is 9.97 Å². The molecule has 0 saturated heterocycles. The molecular formula is C13H13ClFN3. The van der Waals surface area contributed by atoms with Crippen LogP contribution in [0.1, 0.15) is 22.9 Å². The Morgan fingerprint density at radius 2 is 2.00 bits per heavy atom. The molecular weight excluding hydrogens is 253 g/mol. The number of nitrogens with zero attached hydrogens (tertiary/aromatic N) is 2. The Bertz CT molecular complexity index is 545. The van der Waals surface area contributed by atoms with E-state index in [1.54, 1.807) is 31.5 Å². The van der Waals surface area contributed by atoms with Crippen molar-refractivity contribution in [2.24, 2.45) is 5.73 Å². The third kappa shape index (κ3) is 2.49. The van der Waals surface area contributed by atoms with Crippen LogP contribution in [-0.4, -0.2) is 16.5 Å². The van der Waals surface area contributed by atoms with Gasteiger partial charge >= 0.3 is 0 Å². The number of rotatable bonds is 3. The SMILES string of the molecule is Cc1cc(Cl)c(C(CN)c2ncccn2)cc1F. The summed E-state index contributed by atoms with van der Waals surface area (Å²) >= 11 is 6.15. The number of halogens is 2. The Hall–Kier alpha value is -1.52. The van der Waals surface area contributed by atoms with E-state index in [4.69, 9.17) is 17.3 Å². The molecule has 0 radical (unpaired) electrons. The third-order valence-electron chi connectivity index (χ3n) is 2.79. The zero-order valence-corrected chi connectivity index (χ0v) is 10.7. The fraction of sp³-hybridized carbons (Fsp3) is 0.231. The van der Waals surface area contributed by atoms with Crippen molar-refractivity contribution < 1.29 is 4.39 Å². The van der Waals surface area contributed by atoms with Gasteiger partial charge in [-0.3, -0.25) is 0 Å². The van der Waals surface area contributed by atoms with E-state index in [0.29, 0.717) is 22.0 Å². The van der Waals surface area contributed by atoms with Crippen molar-refractivity contribution in [2.45, 2.75) is 12.8 Å². The van der Waals surface area contributed by atoms with E-state index in [1.807, 2.05) is 0 Å². The van der Waals surface area contributed by atoms with Gasteiger partial charge in [0.1, 0.15) is 11.6 Å². The summed E-state index contributed by atoms with van der Waals surface area (Å²) in [6.07, 6.45) is 3.26. The van der Waals surface area contributed by atoms with Gasteiger partial charge in [0.15, 0.2) is 0 Å². The van der Waals surface area contributed by atoms with Crippen LogP contribution in [0.15, 0.2) is 30.6 Å². The molecule has 1 aromatic carbocycles. The minimum atomic E-state index is -0.302. The molecule has 0 aliphatic heterocycles. The minimum absolute atomic E-state index is 0.270. The summed E-state index contributed by atoms with van der Waals surface area (Å²) in [4.78, 5) is 8.29. The van der Waals surface area contributed by atoms with E-state index in [0.717, 1.165) is 0 Å². The van der Waals surface area contributed by atoms with E-state index in [2.05, 4.69) is 9.97 Å². The lowest BCUT2D eigenvalue weighted by atomic mass is 9.97. The smallest absolute Gasteiger partial charge is 0.136 e. The third-order valence-corrected chi connectivity index (χ3v) is 3.11. The first-order valence-electron chi connectivity index (χ1n) is 5.56. The van der Waals surface area contributed by atoms with E-state index in [9.17, 15) is 4.39 Å². The fourth-order valence-corrected chi connectivity index (χ4v) is 2.14. The maximum Gasteiger partial charge on any atom is 0.136 e. The Kier molecular flexibility index (Phi) is 3.89. The molecule has 0 fully saturated rings. The van der Waals surface area contributed by atoms with Gasteiger partial charge in [-0.15, -0.1) is 0 Å². The quantitative estimate of drug-likeness (QED) is 0.928. The number of aryl methyl sites for hydroxylation is 1. The summed E-state index contributed by atoms with van der Waals surface area (Å²) in [6.45, 7) is 1.94. The molecule has 2 N–H and O–H groups in total. The summed E-state index contributed by atoms with van der Waals surface area (Å²) in [5.74, 6) is -0.0530. The standard InChI is InChI=1S/C13H13ClFN3/c1-8-5-11(14)9(6-12(8)15)10(7-16)13-17-3-2-4-18-13/h2-6,10H,7,16H2,1H3. The van der Waals surface area contributed by atoms with Crippen molar-refractivity contribution >= 4 is 11.6 Å². The van der Waals surface area contributed by atoms with Crippen LogP contribution in [0.25, 0.3) is 0 Å². The van der Waals surface area contributed by atoms with Gasteiger partial charge < -0.3 is 5.73 Å². The second kappa shape index (κ2) is 5.42. The highest BCUT2D eigenvalue weighted by molar-refractivity contribution is 6.31. The maximum atomic E-state index is 13.6.